The van der Waals surface area contributed by atoms with Crippen LogP contribution in [0.3, 0.4) is 0 Å². The topological polar surface area (TPSA) is 84.5 Å². The van der Waals surface area contributed by atoms with Gasteiger partial charge in [-0.25, -0.2) is 8.42 Å². The smallest absolute Gasteiger partial charge is 0.242 e. The molecule has 0 fully saturated rings. The standard InChI is InChI=1S/C20H26N2O4S/c1-6-26-18-9-7-17(8-10-18)21-20(23)16(5)22-27(24,25)19-14(3)11-13(2)12-15(19)4/h7-12,16,22H,6H2,1-5H3,(H,21,23). The first-order valence-electron chi connectivity index (χ1n) is 8.78. The number of ether oxygens (including phenoxy) is 1. The molecule has 0 aliphatic rings. The SMILES string of the molecule is CCOc1ccc(NC(=O)C(C)NS(=O)(=O)c2c(C)cc(C)cc2C)cc1. The number of amides is 1. The highest BCUT2D eigenvalue weighted by molar-refractivity contribution is 7.89. The van der Waals surface area contributed by atoms with Gasteiger partial charge in [0, 0.05) is 5.69 Å². The van der Waals surface area contributed by atoms with E-state index in [9.17, 15) is 13.2 Å². The Balaban J connectivity index is 2.11. The lowest BCUT2D eigenvalue weighted by Gasteiger charge is -2.17. The van der Waals surface area contributed by atoms with Crippen molar-refractivity contribution in [2.45, 2.75) is 45.6 Å². The summed E-state index contributed by atoms with van der Waals surface area (Å²) in [6.45, 7) is 9.37. The third kappa shape index (κ3) is 5.30. The Hall–Kier alpha value is -2.38. The van der Waals surface area contributed by atoms with Crippen molar-refractivity contribution in [3.63, 3.8) is 0 Å². The number of rotatable bonds is 7. The van der Waals surface area contributed by atoms with Gasteiger partial charge in [-0.05, 0) is 70.0 Å². The minimum atomic E-state index is -3.82. The molecular weight excluding hydrogens is 364 g/mol. The van der Waals surface area contributed by atoms with E-state index in [1.165, 1.54) is 6.92 Å². The summed E-state index contributed by atoms with van der Waals surface area (Å²) in [7, 11) is -3.82. The minimum absolute atomic E-state index is 0.216. The van der Waals surface area contributed by atoms with Crippen LogP contribution in [0.25, 0.3) is 0 Å². The molecule has 0 aliphatic heterocycles. The monoisotopic (exact) mass is 390 g/mol. The number of carbonyl (C=O) groups is 1. The van der Waals surface area contributed by atoms with Crippen LogP contribution < -0.4 is 14.8 Å². The van der Waals surface area contributed by atoms with E-state index in [4.69, 9.17) is 4.74 Å². The van der Waals surface area contributed by atoms with Crippen LogP contribution in [0.15, 0.2) is 41.3 Å². The summed E-state index contributed by atoms with van der Waals surface area (Å²) in [5.41, 5.74) is 2.86. The van der Waals surface area contributed by atoms with E-state index in [0.717, 1.165) is 5.56 Å². The lowest BCUT2D eigenvalue weighted by molar-refractivity contribution is -0.117. The van der Waals surface area contributed by atoms with Crippen LogP contribution in [-0.2, 0) is 14.8 Å². The van der Waals surface area contributed by atoms with Gasteiger partial charge in [0.2, 0.25) is 15.9 Å². The van der Waals surface area contributed by atoms with Crippen molar-refractivity contribution in [1.82, 2.24) is 4.72 Å². The molecule has 2 rings (SSSR count). The van der Waals surface area contributed by atoms with Gasteiger partial charge in [-0.2, -0.15) is 4.72 Å². The Morgan fingerprint density at radius 3 is 2.15 bits per heavy atom. The van der Waals surface area contributed by atoms with E-state index in [1.54, 1.807) is 38.1 Å². The zero-order valence-corrected chi connectivity index (χ0v) is 17.1. The Morgan fingerprint density at radius 2 is 1.63 bits per heavy atom. The van der Waals surface area contributed by atoms with Crippen molar-refractivity contribution in [3.05, 3.63) is 53.1 Å². The molecule has 27 heavy (non-hydrogen) atoms. The minimum Gasteiger partial charge on any atom is -0.494 e. The number of benzene rings is 2. The highest BCUT2D eigenvalue weighted by Gasteiger charge is 2.25. The summed E-state index contributed by atoms with van der Waals surface area (Å²) in [5, 5.41) is 2.70. The molecule has 2 aromatic carbocycles. The van der Waals surface area contributed by atoms with Crippen LogP contribution in [-0.4, -0.2) is 27.0 Å². The number of anilines is 1. The molecule has 0 saturated carbocycles. The maximum Gasteiger partial charge on any atom is 0.242 e. The second kappa shape index (κ2) is 8.54. The van der Waals surface area contributed by atoms with E-state index >= 15 is 0 Å². The second-order valence-corrected chi connectivity index (χ2v) is 8.17. The van der Waals surface area contributed by atoms with E-state index in [1.807, 2.05) is 26.0 Å². The zero-order valence-electron chi connectivity index (χ0n) is 16.3. The summed E-state index contributed by atoms with van der Waals surface area (Å²) in [6.07, 6.45) is 0. The molecule has 6 nitrogen and oxygen atoms in total. The van der Waals surface area contributed by atoms with Gasteiger partial charge < -0.3 is 10.1 Å². The van der Waals surface area contributed by atoms with Gasteiger partial charge in [-0.3, -0.25) is 4.79 Å². The van der Waals surface area contributed by atoms with E-state index in [2.05, 4.69) is 10.0 Å². The number of carbonyl (C=O) groups excluding carboxylic acids is 1. The van der Waals surface area contributed by atoms with Gasteiger partial charge in [0.15, 0.2) is 0 Å². The molecule has 0 spiro atoms. The van der Waals surface area contributed by atoms with Crippen LogP contribution in [0.5, 0.6) is 5.75 Å². The molecule has 0 radical (unpaired) electrons. The zero-order chi connectivity index (χ0) is 20.2. The Kier molecular flexibility index (Phi) is 6.62. The van der Waals surface area contributed by atoms with Crippen LogP contribution >= 0.6 is 0 Å². The van der Waals surface area contributed by atoms with Crippen molar-refractivity contribution in [3.8, 4) is 5.75 Å². The van der Waals surface area contributed by atoms with Crippen molar-refractivity contribution in [2.24, 2.45) is 0 Å². The number of hydrogen-bond acceptors (Lipinski definition) is 4. The predicted octanol–water partition coefficient (Wildman–Crippen LogP) is 3.32. The summed E-state index contributed by atoms with van der Waals surface area (Å²) in [5.74, 6) is 0.264. The van der Waals surface area contributed by atoms with E-state index < -0.39 is 22.0 Å². The van der Waals surface area contributed by atoms with Gasteiger partial charge in [0.1, 0.15) is 5.75 Å². The first-order valence-corrected chi connectivity index (χ1v) is 10.3. The maximum absolute atomic E-state index is 12.8. The molecule has 7 heteroatoms. The molecule has 0 saturated heterocycles. The summed E-state index contributed by atoms with van der Waals surface area (Å²) >= 11 is 0. The van der Waals surface area contributed by atoms with Gasteiger partial charge >= 0.3 is 0 Å². The molecule has 0 bridgehead atoms. The fourth-order valence-corrected chi connectivity index (χ4v) is 4.64. The molecular formula is C20H26N2O4S. The lowest BCUT2D eigenvalue weighted by Crippen LogP contribution is -2.41. The van der Waals surface area contributed by atoms with Gasteiger partial charge in [0.05, 0.1) is 17.5 Å². The molecule has 2 N–H and O–H groups in total. The fourth-order valence-electron chi connectivity index (χ4n) is 2.99. The predicted molar refractivity (Wildman–Crippen MR) is 107 cm³/mol. The fraction of sp³-hybridized carbons (Fsp3) is 0.350. The van der Waals surface area contributed by atoms with Crippen LogP contribution in [0.4, 0.5) is 5.69 Å². The molecule has 0 heterocycles. The number of sulfonamides is 1. The Bertz CT molecular complexity index is 898. The van der Waals surface area contributed by atoms with Crippen LogP contribution in [0.1, 0.15) is 30.5 Å². The number of hydrogen-bond donors (Lipinski definition) is 2. The van der Waals surface area contributed by atoms with Gasteiger partial charge in [0.25, 0.3) is 0 Å². The van der Waals surface area contributed by atoms with Crippen molar-refractivity contribution >= 4 is 21.6 Å². The Labute approximate surface area is 161 Å². The van der Waals surface area contributed by atoms with Gasteiger partial charge in [-0.15, -0.1) is 0 Å². The maximum atomic E-state index is 12.8. The summed E-state index contributed by atoms with van der Waals surface area (Å²) < 4.78 is 33.3. The molecule has 0 aromatic heterocycles. The molecule has 0 aliphatic carbocycles. The van der Waals surface area contributed by atoms with Crippen molar-refractivity contribution in [1.29, 1.82) is 0 Å². The van der Waals surface area contributed by atoms with Gasteiger partial charge in [-0.1, -0.05) is 17.7 Å². The van der Waals surface area contributed by atoms with E-state index in [-0.39, 0.29) is 4.90 Å². The average Bonchev–Trinajstić information content (AvgIpc) is 2.55. The highest BCUT2D eigenvalue weighted by atomic mass is 32.2. The second-order valence-electron chi connectivity index (χ2n) is 6.52. The third-order valence-corrected chi connectivity index (χ3v) is 5.88. The first kappa shape index (κ1) is 20.9. The normalized spacial score (nSPS) is 12.5. The summed E-state index contributed by atoms with van der Waals surface area (Å²) in [6, 6.07) is 9.59. The molecule has 146 valence electrons. The number of nitrogens with one attached hydrogen (secondary N) is 2. The molecule has 1 atom stereocenters. The number of aryl methyl sites for hydroxylation is 3. The van der Waals surface area contributed by atoms with Crippen molar-refractivity contribution in [2.75, 3.05) is 11.9 Å². The highest BCUT2D eigenvalue weighted by Crippen LogP contribution is 2.22. The lowest BCUT2D eigenvalue weighted by atomic mass is 10.1. The van der Waals surface area contributed by atoms with Crippen molar-refractivity contribution < 1.29 is 17.9 Å². The summed E-state index contributed by atoms with van der Waals surface area (Å²) in [4.78, 5) is 12.6. The van der Waals surface area contributed by atoms with E-state index in [0.29, 0.717) is 29.2 Å². The average molecular weight is 391 g/mol. The molecule has 1 amide bonds. The largest absolute Gasteiger partial charge is 0.494 e. The Morgan fingerprint density at radius 1 is 1.07 bits per heavy atom. The quantitative estimate of drug-likeness (QED) is 0.760. The third-order valence-electron chi connectivity index (χ3n) is 4.03. The first-order chi connectivity index (χ1) is 12.6. The molecule has 1 unspecified atom stereocenters. The van der Waals surface area contributed by atoms with Crippen LogP contribution in [0.2, 0.25) is 0 Å². The van der Waals surface area contributed by atoms with Crippen LogP contribution in [0, 0.1) is 20.8 Å². The molecule has 2 aromatic rings.